The van der Waals surface area contributed by atoms with Gasteiger partial charge in [-0.1, -0.05) is 0 Å². The molecule has 0 aromatic carbocycles. The molecule has 0 rings (SSSR count). The second kappa shape index (κ2) is 3.42. The number of carboxylic acid groups (broad SMARTS) is 1. The Morgan fingerprint density at radius 3 is 2.33 bits per heavy atom. The molecule has 0 amide bonds. The van der Waals surface area contributed by atoms with Gasteiger partial charge in [-0.15, -0.1) is 0 Å². The largest absolute Gasteiger partial charge is 0.481 e. The van der Waals surface area contributed by atoms with Gasteiger partial charge in [0, 0.05) is 6.04 Å². The first-order chi connectivity index (χ1) is 4.04. The lowest BCUT2D eigenvalue weighted by atomic mass is 10.1. The fourth-order valence-electron chi connectivity index (χ4n) is 0.372. The van der Waals surface area contributed by atoms with Crippen LogP contribution in [0, 0.1) is 0 Å². The average Bonchev–Trinajstić information content (AvgIpc) is 1.63. The van der Waals surface area contributed by atoms with Crippen LogP contribution in [0.4, 0.5) is 0 Å². The van der Waals surface area contributed by atoms with E-state index in [-0.39, 0.29) is 6.42 Å². The fraction of sp³-hybridized carbons (Fsp3) is 0.800. The van der Waals surface area contributed by atoms with Crippen molar-refractivity contribution in [3.05, 3.63) is 0 Å². The van der Waals surface area contributed by atoms with Crippen LogP contribution in [0.1, 0.15) is 13.3 Å². The summed E-state index contributed by atoms with van der Waals surface area (Å²) in [6.07, 6.45) is -0.932. The summed E-state index contributed by atoms with van der Waals surface area (Å²) in [6, 6.07) is -0.650. The van der Waals surface area contributed by atoms with Crippen LogP contribution < -0.4 is 5.73 Å². The molecule has 0 bridgehead atoms. The highest BCUT2D eigenvalue weighted by Gasteiger charge is 2.12. The smallest absolute Gasteiger partial charge is 0.305 e. The molecule has 0 aromatic heterocycles. The Balaban J connectivity index is 3.50. The monoisotopic (exact) mass is 133 g/mol. The van der Waals surface area contributed by atoms with Crippen LogP contribution in [-0.4, -0.2) is 28.3 Å². The minimum Gasteiger partial charge on any atom is -0.481 e. The van der Waals surface area contributed by atoms with E-state index in [1.54, 1.807) is 0 Å². The summed E-state index contributed by atoms with van der Waals surface area (Å²) in [6.45, 7) is 1.47. The number of nitrogens with two attached hydrogens (primary N) is 1. The Morgan fingerprint density at radius 1 is 1.78 bits per heavy atom. The Morgan fingerprint density at radius 2 is 2.22 bits per heavy atom. The summed E-state index contributed by atoms with van der Waals surface area (Å²) in [5.41, 5.74) is 5.19. The van der Waals surface area contributed by atoms with E-state index in [4.69, 9.17) is 15.9 Å². The highest BCUT2D eigenvalue weighted by molar-refractivity contribution is 5.67. The first kappa shape index (κ1) is 8.39. The number of aliphatic carboxylic acids is 1. The third-order valence-corrected chi connectivity index (χ3v) is 1.03. The van der Waals surface area contributed by atoms with E-state index >= 15 is 0 Å². The zero-order valence-electron chi connectivity index (χ0n) is 5.24. The van der Waals surface area contributed by atoms with E-state index in [2.05, 4.69) is 0 Å². The maximum Gasteiger partial charge on any atom is 0.305 e. The molecular formula is C5H11NO3. The lowest BCUT2D eigenvalue weighted by Gasteiger charge is -2.10. The van der Waals surface area contributed by atoms with Crippen LogP contribution in [0.15, 0.2) is 0 Å². The van der Waals surface area contributed by atoms with Crippen LogP contribution in [0.5, 0.6) is 0 Å². The summed E-state index contributed by atoms with van der Waals surface area (Å²) in [5.74, 6) is -0.983. The van der Waals surface area contributed by atoms with Gasteiger partial charge in [0.15, 0.2) is 0 Å². The van der Waals surface area contributed by atoms with E-state index in [1.807, 2.05) is 0 Å². The van der Waals surface area contributed by atoms with Crippen molar-refractivity contribution < 1.29 is 15.0 Å². The van der Waals surface area contributed by atoms with E-state index in [0.29, 0.717) is 0 Å². The van der Waals surface area contributed by atoms with Crippen LogP contribution in [-0.2, 0) is 4.79 Å². The predicted octanol–water partition coefficient (Wildman–Crippen LogP) is -0.831. The highest BCUT2D eigenvalue weighted by Crippen LogP contribution is 1.93. The number of rotatable bonds is 3. The predicted molar refractivity (Wildman–Crippen MR) is 31.9 cm³/mol. The molecule has 0 unspecified atom stereocenters. The summed E-state index contributed by atoms with van der Waals surface area (Å²) in [5, 5.41) is 16.8. The zero-order chi connectivity index (χ0) is 7.44. The van der Waals surface area contributed by atoms with E-state index in [1.165, 1.54) is 6.92 Å². The molecule has 9 heavy (non-hydrogen) atoms. The molecule has 0 aliphatic rings. The SMILES string of the molecule is C[C@@H](O)[C@@H](N)CC(=O)O. The topological polar surface area (TPSA) is 83.5 Å². The first-order valence-corrected chi connectivity index (χ1v) is 2.69. The molecule has 0 fully saturated rings. The van der Waals surface area contributed by atoms with E-state index in [9.17, 15) is 4.79 Å². The first-order valence-electron chi connectivity index (χ1n) is 2.69. The van der Waals surface area contributed by atoms with Gasteiger partial charge in [-0.05, 0) is 6.92 Å². The molecule has 4 nitrogen and oxygen atoms in total. The minimum atomic E-state index is -0.983. The Hall–Kier alpha value is -0.610. The van der Waals surface area contributed by atoms with Crippen LogP contribution in [0.2, 0.25) is 0 Å². The number of carboxylic acids is 1. The Labute approximate surface area is 53.3 Å². The normalized spacial score (nSPS) is 16.8. The van der Waals surface area contributed by atoms with Gasteiger partial charge in [-0.3, -0.25) is 4.79 Å². The van der Waals surface area contributed by atoms with Gasteiger partial charge < -0.3 is 15.9 Å². The summed E-state index contributed by atoms with van der Waals surface area (Å²) in [4.78, 5) is 9.92. The molecule has 0 saturated carbocycles. The Kier molecular flexibility index (Phi) is 3.19. The molecule has 0 saturated heterocycles. The highest BCUT2D eigenvalue weighted by atomic mass is 16.4. The lowest BCUT2D eigenvalue weighted by Crippen LogP contribution is -2.34. The Bertz CT molecular complexity index is 102. The van der Waals surface area contributed by atoms with Gasteiger partial charge in [0.25, 0.3) is 0 Å². The van der Waals surface area contributed by atoms with Crippen LogP contribution >= 0.6 is 0 Å². The molecule has 4 heteroatoms. The summed E-state index contributed by atoms with van der Waals surface area (Å²) in [7, 11) is 0. The van der Waals surface area contributed by atoms with Gasteiger partial charge in [0.2, 0.25) is 0 Å². The summed E-state index contributed by atoms with van der Waals surface area (Å²) < 4.78 is 0. The second-order valence-corrected chi connectivity index (χ2v) is 2.00. The number of aliphatic hydroxyl groups is 1. The van der Waals surface area contributed by atoms with Crippen LogP contribution in [0.3, 0.4) is 0 Å². The molecule has 0 aliphatic carbocycles. The van der Waals surface area contributed by atoms with Crippen molar-refractivity contribution >= 4 is 5.97 Å². The van der Waals surface area contributed by atoms with Crippen molar-refractivity contribution in [2.24, 2.45) is 5.73 Å². The standard InChI is InChI=1S/C5H11NO3/c1-3(7)4(6)2-5(8)9/h3-4,7H,2,6H2,1H3,(H,8,9)/t3-,4+/m1/s1. The van der Waals surface area contributed by atoms with E-state index in [0.717, 1.165) is 0 Å². The van der Waals surface area contributed by atoms with Gasteiger partial charge in [-0.25, -0.2) is 0 Å². The second-order valence-electron chi connectivity index (χ2n) is 2.00. The quantitative estimate of drug-likeness (QED) is 0.469. The third-order valence-electron chi connectivity index (χ3n) is 1.03. The number of hydrogen-bond acceptors (Lipinski definition) is 3. The molecule has 4 N–H and O–H groups in total. The fourth-order valence-corrected chi connectivity index (χ4v) is 0.372. The van der Waals surface area contributed by atoms with Crippen LogP contribution in [0.25, 0.3) is 0 Å². The van der Waals surface area contributed by atoms with Crippen molar-refractivity contribution in [3.8, 4) is 0 Å². The molecule has 0 spiro atoms. The molecule has 54 valence electrons. The van der Waals surface area contributed by atoms with Gasteiger partial charge in [0.05, 0.1) is 12.5 Å². The van der Waals surface area contributed by atoms with Crippen molar-refractivity contribution in [3.63, 3.8) is 0 Å². The molecule has 0 heterocycles. The average molecular weight is 133 g/mol. The lowest BCUT2D eigenvalue weighted by molar-refractivity contribution is -0.138. The number of hydrogen-bond donors (Lipinski definition) is 3. The summed E-state index contributed by atoms with van der Waals surface area (Å²) >= 11 is 0. The van der Waals surface area contributed by atoms with Crippen molar-refractivity contribution in [1.82, 2.24) is 0 Å². The van der Waals surface area contributed by atoms with Crippen molar-refractivity contribution in [2.45, 2.75) is 25.5 Å². The maximum absolute atomic E-state index is 9.92. The number of carbonyl (C=O) groups is 1. The molecule has 2 atom stereocenters. The zero-order valence-corrected chi connectivity index (χ0v) is 5.24. The van der Waals surface area contributed by atoms with E-state index < -0.39 is 18.1 Å². The molecule has 0 aliphatic heterocycles. The van der Waals surface area contributed by atoms with Gasteiger partial charge in [-0.2, -0.15) is 0 Å². The minimum absolute atomic E-state index is 0.183. The third kappa shape index (κ3) is 3.93. The maximum atomic E-state index is 9.92. The molecule has 0 radical (unpaired) electrons. The van der Waals surface area contributed by atoms with Crippen molar-refractivity contribution in [2.75, 3.05) is 0 Å². The molecule has 0 aromatic rings. The van der Waals surface area contributed by atoms with Gasteiger partial charge >= 0.3 is 5.97 Å². The molecular weight excluding hydrogens is 122 g/mol. The van der Waals surface area contributed by atoms with Gasteiger partial charge in [0.1, 0.15) is 0 Å². The number of aliphatic hydroxyl groups excluding tert-OH is 1. The van der Waals surface area contributed by atoms with Crippen molar-refractivity contribution in [1.29, 1.82) is 0 Å².